The summed E-state index contributed by atoms with van der Waals surface area (Å²) >= 11 is 0. The Morgan fingerprint density at radius 3 is 2.85 bits per heavy atom. The number of nitrogens with zero attached hydrogens (tertiary/aromatic N) is 5. The summed E-state index contributed by atoms with van der Waals surface area (Å²) in [5.74, 6) is 1.11. The zero-order valence-corrected chi connectivity index (χ0v) is 12.0. The monoisotopic (exact) mass is 278 g/mol. The third-order valence-electron chi connectivity index (χ3n) is 2.92. The lowest BCUT2D eigenvalue weighted by Gasteiger charge is -2.18. The number of halogens is 1. The molecule has 0 fully saturated rings. The van der Waals surface area contributed by atoms with E-state index >= 15 is 0 Å². The van der Waals surface area contributed by atoms with Gasteiger partial charge in [0.2, 0.25) is 5.95 Å². The number of hydrogen-bond donors (Lipinski definition) is 1. The first-order valence-corrected chi connectivity index (χ1v) is 6.55. The summed E-state index contributed by atoms with van der Waals surface area (Å²) in [6.07, 6.45) is 5.72. The largest absolute Gasteiger partial charge is 0.354 e. The van der Waals surface area contributed by atoms with Gasteiger partial charge in [-0.15, -0.1) is 0 Å². The average Bonchev–Trinajstić information content (AvgIpc) is 2.83. The van der Waals surface area contributed by atoms with Crippen molar-refractivity contribution in [3.05, 3.63) is 30.2 Å². The van der Waals surface area contributed by atoms with E-state index in [2.05, 4.69) is 20.3 Å². The van der Waals surface area contributed by atoms with E-state index in [4.69, 9.17) is 0 Å². The predicted octanol–water partition coefficient (Wildman–Crippen LogP) is 1.81. The molecule has 0 saturated heterocycles. The molecule has 2 aromatic rings. The Morgan fingerprint density at radius 1 is 1.40 bits per heavy atom. The molecule has 7 heteroatoms. The van der Waals surface area contributed by atoms with Crippen molar-refractivity contribution in [3.8, 4) is 0 Å². The van der Waals surface area contributed by atoms with Crippen LogP contribution in [0.5, 0.6) is 0 Å². The standard InChI is InChI=1S/C13H19FN6/c1-4-5-16-13-17-8-10(14)12(18-13)20(3)9-11-15-6-7-19(11)2/h6-8H,4-5,9H2,1-3H3,(H,16,17,18). The summed E-state index contributed by atoms with van der Waals surface area (Å²) in [6, 6.07) is 0. The van der Waals surface area contributed by atoms with Crippen LogP contribution in [0.4, 0.5) is 16.2 Å². The third-order valence-corrected chi connectivity index (χ3v) is 2.92. The predicted molar refractivity (Wildman–Crippen MR) is 76.1 cm³/mol. The number of aryl methyl sites for hydroxylation is 1. The minimum absolute atomic E-state index is 0.265. The molecule has 2 rings (SSSR count). The number of imidazole rings is 1. The van der Waals surface area contributed by atoms with Gasteiger partial charge in [0, 0.05) is 33.0 Å². The van der Waals surface area contributed by atoms with Crippen LogP contribution in [0.25, 0.3) is 0 Å². The first kappa shape index (κ1) is 14.2. The summed E-state index contributed by atoms with van der Waals surface area (Å²) in [6.45, 7) is 3.28. The van der Waals surface area contributed by atoms with Gasteiger partial charge >= 0.3 is 0 Å². The lowest BCUT2D eigenvalue weighted by Crippen LogP contribution is -2.22. The number of rotatable bonds is 6. The molecule has 0 bridgehead atoms. The van der Waals surface area contributed by atoms with Crippen LogP contribution in [0.2, 0.25) is 0 Å². The second-order valence-electron chi connectivity index (χ2n) is 4.60. The van der Waals surface area contributed by atoms with E-state index < -0.39 is 5.82 Å². The summed E-state index contributed by atoms with van der Waals surface area (Å²) < 4.78 is 15.7. The van der Waals surface area contributed by atoms with E-state index in [1.807, 2.05) is 24.7 Å². The van der Waals surface area contributed by atoms with Crippen LogP contribution in [0.3, 0.4) is 0 Å². The zero-order chi connectivity index (χ0) is 14.5. The molecule has 0 aliphatic carbocycles. The quantitative estimate of drug-likeness (QED) is 0.873. The van der Waals surface area contributed by atoms with Crippen molar-refractivity contribution < 1.29 is 4.39 Å². The van der Waals surface area contributed by atoms with Crippen LogP contribution < -0.4 is 10.2 Å². The SMILES string of the molecule is CCCNc1ncc(F)c(N(C)Cc2nccn2C)n1. The average molecular weight is 278 g/mol. The normalized spacial score (nSPS) is 10.6. The van der Waals surface area contributed by atoms with Crippen molar-refractivity contribution in [3.63, 3.8) is 0 Å². The Kier molecular flexibility index (Phi) is 4.49. The van der Waals surface area contributed by atoms with Gasteiger partial charge in [0.05, 0.1) is 12.7 Å². The highest BCUT2D eigenvalue weighted by molar-refractivity contribution is 5.43. The highest BCUT2D eigenvalue weighted by Crippen LogP contribution is 2.17. The molecule has 2 heterocycles. The highest BCUT2D eigenvalue weighted by Gasteiger charge is 2.13. The van der Waals surface area contributed by atoms with Crippen LogP contribution in [-0.2, 0) is 13.6 Å². The number of hydrogen-bond acceptors (Lipinski definition) is 5. The zero-order valence-electron chi connectivity index (χ0n) is 12.0. The fourth-order valence-electron chi connectivity index (χ4n) is 1.78. The van der Waals surface area contributed by atoms with Crippen molar-refractivity contribution in [2.24, 2.45) is 7.05 Å². The van der Waals surface area contributed by atoms with Gasteiger partial charge in [0.15, 0.2) is 11.6 Å². The van der Waals surface area contributed by atoms with Crippen LogP contribution in [0, 0.1) is 5.82 Å². The van der Waals surface area contributed by atoms with Gasteiger partial charge in [0.25, 0.3) is 0 Å². The first-order chi connectivity index (χ1) is 9.61. The molecule has 0 amide bonds. The van der Waals surface area contributed by atoms with E-state index in [-0.39, 0.29) is 5.82 Å². The number of aromatic nitrogens is 4. The van der Waals surface area contributed by atoms with Crippen molar-refractivity contribution >= 4 is 11.8 Å². The van der Waals surface area contributed by atoms with Gasteiger partial charge in [-0.1, -0.05) is 6.92 Å². The van der Waals surface area contributed by atoms with E-state index in [1.165, 1.54) is 6.20 Å². The van der Waals surface area contributed by atoms with Crippen molar-refractivity contribution in [2.75, 3.05) is 23.8 Å². The smallest absolute Gasteiger partial charge is 0.224 e. The van der Waals surface area contributed by atoms with Gasteiger partial charge in [-0.05, 0) is 6.42 Å². The second kappa shape index (κ2) is 6.31. The molecule has 0 aromatic carbocycles. The van der Waals surface area contributed by atoms with Crippen LogP contribution in [0.1, 0.15) is 19.2 Å². The van der Waals surface area contributed by atoms with E-state index in [9.17, 15) is 4.39 Å². The maximum Gasteiger partial charge on any atom is 0.224 e. The fourth-order valence-corrected chi connectivity index (χ4v) is 1.78. The van der Waals surface area contributed by atoms with Gasteiger partial charge in [-0.25, -0.2) is 14.4 Å². The summed E-state index contributed by atoms with van der Waals surface area (Å²) in [4.78, 5) is 14.1. The summed E-state index contributed by atoms with van der Waals surface area (Å²) in [5, 5.41) is 3.05. The Bertz CT molecular complexity index is 568. The first-order valence-electron chi connectivity index (χ1n) is 6.55. The molecule has 1 N–H and O–H groups in total. The van der Waals surface area contributed by atoms with Crippen LogP contribution >= 0.6 is 0 Å². The van der Waals surface area contributed by atoms with E-state index in [0.717, 1.165) is 18.8 Å². The molecule has 0 aliphatic heterocycles. The Labute approximate surface area is 117 Å². The minimum Gasteiger partial charge on any atom is -0.354 e. The van der Waals surface area contributed by atoms with Crippen LogP contribution in [-0.4, -0.2) is 33.1 Å². The Morgan fingerprint density at radius 2 is 2.20 bits per heavy atom. The number of anilines is 2. The third kappa shape index (κ3) is 3.23. The molecule has 0 radical (unpaired) electrons. The molecule has 6 nitrogen and oxygen atoms in total. The maximum atomic E-state index is 13.8. The maximum absolute atomic E-state index is 13.8. The molecule has 20 heavy (non-hydrogen) atoms. The lowest BCUT2D eigenvalue weighted by molar-refractivity contribution is 0.604. The van der Waals surface area contributed by atoms with Gasteiger partial charge in [-0.3, -0.25) is 0 Å². The molecule has 0 saturated carbocycles. The molecule has 0 atom stereocenters. The molecule has 2 aromatic heterocycles. The highest BCUT2D eigenvalue weighted by atomic mass is 19.1. The van der Waals surface area contributed by atoms with Gasteiger partial charge < -0.3 is 14.8 Å². The Hall–Kier alpha value is -2.18. The Balaban J connectivity index is 2.15. The fraction of sp³-hybridized carbons (Fsp3) is 0.462. The topological polar surface area (TPSA) is 58.9 Å². The van der Waals surface area contributed by atoms with Gasteiger partial charge in [-0.2, -0.15) is 4.98 Å². The lowest BCUT2D eigenvalue weighted by atomic mass is 10.4. The van der Waals surface area contributed by atoms with Crippen molar-refractivity contribution in [1.82, 2.24) is 19.5 Å². The second-order valence-corrected chi connectivity index (χ2v) is 4.60. The molecule has 0 unspecified atom stereocenters. The van der Waals surface area contributed by atoms with E-state index in [0.29, 0.717) is 12.5 Å². The molecule has 0 aliphatic rings. The minimum atomic E-state index is -0.441. The van der Waals surface area contributed by atoms with Crippen LogP contribution in [0.15, 0.2) is 18.6 Å². The molecular formula is C13H19FN6. The summed E-state index contributed by atoms with van der Waals surface area (Å²) in [7, 11) is 3.68. The molecule has 0 spiro atoms. The van der Waals surface area contributed by atoms with Crippen molar-refractivity contribution in [1.29, 1.82) is 0 Å². The summed E-state index contributed by atoms with van der Waals surface area (Å²) in [5.41, 5.74) is 0. The molecular weight excluding hydrogens is 259 g/mol. The number of nitrogens with one attached hydrogen (secondary N) is 1. The van der Waals surface area contributed by atoms with Crippen molar-refractivity contribution in [2.45, 2.75) is 19.9 Å². The van der Waals surface area contributed by atoms with Gasteiger partial charge in [0.1, 0.15) is 5.82 Å². The molecule has 108 valence electrons. The van der Waals surface area contributed by atoms with E-state index in [1.54, 1.807) is 18.1 Å².